The van der Waals surface area contributed by atoms with E-state index in [2.05, 4.69) is 26.6 Å². The Balaban J connectivity index is 1.83. The lowest BCUT2D eigenvalue weighted by atomic mass is 9.99. The van der Waals surface area contributed by atoms with Gasteiger partial charge in [-0.25, -0.2) is 0 Å². The highest BCUT2D eigenvalue weighted by atomic mass is 32.1. The molecule has 0 bridgehead atoms. The van der Waals surface area contributed by atoms with Gasteiger partial charge < -0.3 is 48.3 Å². The average molecular weight is 754 g/mol. The van der Waals surface area contributed by atoms with E-state index in [1.807, 2.05) is 29.6 Å². The molecule has 6 amide bonds. The number of carboxylic acids is 1. The van der Waals surface area contributed by atoms with E-state index >= 15 is 0 Å². The molecular formula is C36H47N7O9S. The zero-order valence-corrected chi connectivity index (χ0v) is 30.7. The van der Waals surface area contributed by atoms with Crippen molar-refractivity contribution in [2.24, 2.45) is 23.3 Å². The van der Waals surface area contributed by atoms with Crippen molar-refractivity contribution in [2.75, 3.05) is 6.54 Å². The number of aromatic hydroxyl groups is 1. The molecule has 0 saturated heterocycles. The number of carbonyl (C=O) groups excluding carboxylic acids is 6. The molecule has 53 heavy (non-hydrogen) atoms. The Morgan fingerprint density at radius 3 is 1.89 bits per heavy atom. The Morgan fingerprint density at radius 2 is 1.28 bits per heavy atom. The van der Waals surface area contributed by atoms with Crippen molar-refractivity contribution in [3.63, 3.8) is 0 Å². The highest BCUT2D eigenvalue weighted by Crippen LogP contribution is 2.27. The van der Waals surface area contributed by atoms with Crippen molar-refractivity contribution >= 4 is 62.8 Å². The number of carboxylic acid groups (broad SMARTS) is 1. The predicted molar refractivity (Wildman–Crippen MR) is 197 cm³/mol. The summed E-state index contributed by atoms with van der Waals surface area (Å²) < 4.78 is 0.934. The molecule has 0 saturated carbocycles. The number of primary amides is 1. The summed E-state index contributed by atoms with van der Waals surface area (Å²) in [6.07, 6.45) is -0.814. The summed E-state index contributed by atoms with van der Waals surface area (Å²) in [5.41, 5.74) is 12.7. The van der Waals surface area contributed by atoms with Crippen LogP contribution in [0.5, 0.6) is 5.75 Å². The molecule has 0 unspecified atom stereocenters. The second-order valence-electron chi connectivity index (χ2n) is 13.3. The number of amides is 6. The van der Waals surface area contributed by atoms with Gasteiger partial charge in [0.2, 0.25) is 35.4 Å². The van der Waals surface area contributed by atoms with Gasteiger partial charge in [-0.15, -0.1) is 11.3 Å². The maximum atomic E-state index is 13.9. The summed E-state index contributed by atoms with van der Waals surface area (Å²) in [5, 5.41) is 34.4. The number of phenols is 1. The maximum Gasteiger partial charge on any atom is 0.305 e. The Hall–Kier alpha value is -5.55. The lowest BCUT2D eigenvalue weighted by Gasteiger charge is -2.28. The topological polar surface area (TPSA) is 272 Å². The Kier molecular flexibility index (Phi) is 15.3. The van der Waals surface area contributed by atoms with Crippen LogP contribution in [0.15, 0.2) is 53.9 Å². The smallest absolute Gasteiger partial charge is 0.305 e. The number of phenolic OH excluding ortho intramolecular Hbond substituents is 1. The Morgan fingerprint density at radius 1 is 0.717 bits per heavy atom. The van der Waals surface area contributed by atoms with E-state index in [1.54, 1.807) is 39.8 Å². The molecule has 11 N–H and O–H groups in total. The van der Waals surface area contributed by atoms with E-state index in [9.17, 15) is 43.8 Å². The van der Waals surface area contributed by atoms with Crippen molar-refractivity contribution in [2.45, 2.75) is 77.2 Å². The van der Waals surface area contributed by atoms with Crippen LogP contribution >= 0.6 is 11.3 Å². The van der Waals surface area contributed by atoms with E-state index < -0.39 is 96.4 Å². The summed E-state index contributed by atoms with van der Waals surface area (Å²) in [7, 11) is 0. The summed E-state index contributed by atoms with van der Waals surface area (Å²) >= 11 is 1.43. The van der Waals surface area contributed by atoms with E-state index in [0.29, 0.717) is 11.1 Å². The van der Waals surface area contributed by atoms with Crippen LogP contribution in [0, 0.1) is 11.8 Å². The van der Waals surface area contributed by atoms with Crippen molar-refractivity contribution in [3.05, 3.63) is 65.0 Å². The maximum absolute atomic E-state index is 13.9. The number of nitrogens with two attached hydrogens (primary N) is 2. The number of hydrogen-bond donors (Lipinski definition) is 9. The average Bonchev–Trinajstić information content (AvgIpc) is 3.50. The Bertz CT molecular complexity index is 1790. The number of benzene rings is 2. The van der Waals surface area contributed by atoms with Crippen LogP contribution in [0.4, 0.5) is 0 Å². The fraction of sp³-hybridized carbons (Fsp3) is 0.417. The van der Waals surface area contributed by atoms with Gasteiger partial charge >= 0.3 is 5.97 Å². The fourth-order valence-corrected chi connectivity index (χ4v) is 6.36. The zero-order valence-electron chi connectivity index (χ0n) is 29.9. The molecule has 0 aliphatic carbocycles. The van der Waals surface area contributed by atoms with Gasteiger partial charge in [-0.3, -0.25) is 33.6 Å². The van der Waals surface area contributed by atoms with E-state index in [0.717, 1.165) is 10.1 Å². The summed E-state index contributed by atoms with van der Waals surface area (Å²) in [4.78, 5) is 90.0. The summed E-state index contributed by atoms with van der Waals surface area (Å²) in [6.45, 7) is 6.10. The molecular weight excluding hydrogens is 707 g/mol. The van der Waals surface area contributed by atoms with Crippen LogP contribution in [-0.4, -0.2) is 88.4 Å². The molecule has 2 aromatic carbocycles. The fourth-order valence-electron chi connectivity index (χ4n) is 5.38. The molecule has 3 aromatic rings. The van der Waals surface area contributed by atoms with E-state index in [1.165, 1.54) is 23.5 Å². The third-order valence-electron chi connectivity index (χ3n) is 8.29. The third kappa shape index (κ3) is 12.6. The lowest BCUT2D eigenvalue weighted by molar-refractivity contribution is -0.141. The number of hydrogen-bond acceptors (Lipinski definition) is 10. The first-order chi connectivity index (χ1) is 25.0. The standard InChI is InChI=1S/C36H47N7O9S/c1-18(2)30(35(51)39-16-28(38)45)43-36(52)31(19(3)4)42-34(50)26(15-29(46)47)41-33(49)25(14-21-17-53-27-8-6-5-7-23(21)27)40-32(48)24(37)13-20-9-11-22(44)12-10-20/h5-12,17-19,24-26,30-31,44H,13-16,37H2,1-4H3,(H2,38,45)(H,39,51)(H,40,48)(H,41,49)(H,42,50)(H,43,52)(H,46,47)/t24-,25+,26-,30-,31-/m0/s1. The SMILES string of the molecule is CC(C)[C@H](NC(=O)[C@H](CC(=O)O)NC(=O)[C@@H](Cc1csc2ccccc12)NC(=O)[C@@H](N)Cc1ccc(O)cc1)C(=O)N[C@H](C(=O)NCC(N)=O)C(C)C. The minimum Gasteiger partial charge on any atom is -0.508 e. The first kappa shape index (κ1) is 41.9. The van der Waals surface area contributed by atoms with Gasteiger partial charge in [0.05, 0.1) is 19.0 Å². The van der Waals surface area contributed by atoms with Crippen LogP contribution in [0.25, 0.3) is 10.1 Å². The predicted octanol–water partition coefficient (Wildman–Crippen LogP) is 0.0468. The molecule has 1 heterocycles. The normalized spacial score (nSPS) is 14.0. The third-order valence-corrected chi connectivity index (χ3v) is 9.30. The lowest BCUT2D eigenvalue weighted by Crippen LogP contribution is -2.61. The van der Waals surface area contributed by atoms with Crippen LogP contribution in [0.2, 0.25) is 0 Å². The van der Waals surface area contributed by atoms with Crippen molar-refractivity contribution in [1.29, 1.82) is 0 Å². The quantitative estimate of drug-likeness (QED) is 0.0794. The van der Waals surface area contributed by atoms with Gasteiger partial charge in [-0.1, -0.05) is 58.0 Å². The van der Waals surface area contributed by atoms with Gasteiger partial charge in [0.25, 0.3) is 0 Å². The van der Waals surface area contributed by atoms with Crippen LogP contribution < -0.4 is 38.1 Å². The first-order valence-corrected chi connectivity index (χ1v) is 17.8. The van der Waals surface area contributed by atoms with Crippen LogP contribution in [0.3, 0.4) is 0 Å². The van der Waals surface area contributed by atoms with Gasteiger partial charge in [0.1, 0.15) is 29.9 Å². The van der Waals surface area contributed by atoms with Crippen molar-refractivity contribution < 1.29 is 43.8 Å². The number of carbonyl (C=O) groups is 7. The summed E-state index contributed by atoms with van der Waals surface area (Å²) in [6, 6.07) is 7.08. The van der Waals surface area contributed by atoms with Crippen molar-refractivity contribution in [1.82, 2.24) is 26.6 Å². The monoisotopic (exact) mass is 753 g/mol. The van der Waals surface area contributed by atoms with E-state index in [-0.39, 0.29) is 18.6 Å². The molecule has 0 fully saturated rings. The van der Waals surface area contributed by atoms with Crippen molar-refractivity contribution in [3.8, 4) is 5.75 Å². The minimum atomic E-state index is -1.68. The number of aliphatic carboxylic acids is 1. The second kappa shape index (κ2) is 19.3. The van der Waals surface area contributed by atoms with E-state index in [4.69, 9.17) is 11.5 Å². The Labute approximate surface area is 310 Å². The highest BCUT2D eigenvalue weighted by molar-refractivity contribution is 7.17. The molecule has 0 spiro atoms. The summed E-state index contributed by atoms with van der Waals surface area (Å²) in [5.74, 6) is -7.16. The molecule has 17 heteroatoms. The highest BCUT2D eigenvalue weighted by Gasteiger charge is 2.35. The zero-order chi connectivity index (χ0) is 39.4. The molecule has 5 atom stereocenters. The number of fused-ring (bicyclic) bond motifs is 1. The number of thiophene rings is 1. The molecule has 0 radical (unpaired) electrons. The molecule has 0 aliphatic rings. The van der Waals surface area contributed by atoms with Gasteiger partial charge in [0.15, 0.2) is 0 Å². The molecule has 0 aliphatic heterocycles. The molecule has 1 aromatic heterocycles. The number of rotatable bonds is 19. The molecule has 286 valence electrons. The van der Waals surface area contributed by atoms with Gasteiger partial charge in [0, 0.05) is 11.1 Å². The molecule has 3 rings (SSSR count). The van der Waals surface area contributed by atoms with Crippen LogP contribution in [0.1, 0.15) is 45.2 Å². The first-order valence-electron chi connectivity index (χ1n) is 16.9. The van der Waals surface area contributed by atoms with Gasteiger partial charge in [-0.05, 0) is 58.3 Å². The second-order valence-corrected chi connectivity index (χ2v) is 14.2. The minimum absolute atomic E-state index is 0.0274. The van der Waals surface area contributed by atoms with Gasteiger partial charge in [-0.2, -0.15) is 0 Å². The largest absolute Gasteiger partial charge is 0.508 e. The molecule has 16 nitrogen and oxygen atoms in total. The van der Waals surface area contributed by atoms with Crippen LogP contribution in [-0.2, 0) is 46.4 Å². The number of nitrogens with one attached hydrogen (secondary N) is 5.